The number of pyridine rings is 1. The maximum absolute atomic E-state index is 11.2. The Bertz CT molecular complexity index is 610. The van der Waals surface area contributed by atoms with Crippen molar-refractivity contribution >= 4 is 0 Å². The lowest BCUT2D eigenvalue weighted by Crippen LogP contribution is -2.36. The van der Waals surface area contributed by atoms with Crippen LogP contribution in [0.5, 0.6) is 0 Å². The molecular weight excluding hydrogens is 256 g/mol. The SMILES string of the molecule is CC(C)(C)NCCCc1nnc(-c2cccc(=O)[nH]2)o1. The highest BCUT2D eigenvalue weighted by atomic mass is 16.4. The average molecular weight is 276 g/mol. The van der Waals surface area contributed by atoms with Crippen LogP contribution in [0.4, 0.5) is 0 Å². The second-order valence-corrected chi connectivity index (χ2v) is 5.71. The van der Waals surface area contributed by atoms with E-state index in [2.05, 4.69) is 41.3 Å². The summed E-state index contributed by atoms with van der Waals surface area (Å²) in [4.78, 5) is 13.9. The molecule has 20 heavy (non-hydrogen) atoms. The Hall–Kier alpha value is -1.95. The minimum Gasteiger partial charge on any atom is -0.419 e. The van der Waals surface area contributed by atoms with Crippen LogP contribution >= 0.6 is 0 Å². The van der Waals surface area contributed by atoms with Gasteiger partial charge in [0.05, 0.1) is 0 Å². The summed E-state index contributed by atoms with van der Waals surface area (Å²) in [6.45, 7) is 7.28. The standard InChI is InChI=1S/C14H20N4O2/c1-14(2,3)15-9-5-8-12-17-18-13(20-12)10-6-4-7-11(19)16-10/h4,6-7,15H,5,8-9H2,1-3H3,(H,16,19). The van der Waals surface area contributed by atoms with Crippen molar-refractivity contribution in [3.8, 4) is 11.6 Å². The second kappa shape index (κ2) is 6.00. The van der Waals surface area contributed by atoms with Gasteiger partial charge in [-0.3, -0.25) is 4.79 Å². The topological polar surface area (TPSA) is 83.8 Å². The number of aryl methyl sites for hydroxylation is 1. The smallest absolute Gasteiger partial charge is 0.264 e. The van der Waals surface area contributed by atoms with Gasteiger partial charge in [0, 0.05) is 18.0 Å². The van der Waals surface area contributed by atoms with Gasteiger partial charge in [0.2, 0.25) is 11.4 Å². The van der Waals surface area contributed by atoms with Crippen LogP contribution in [0.2, 0.25) is 0 Å². The van der Waals surface area contributed by atoms with Crippen LogP contribution in [0.25, 0.3) is 11.6 Å². The Balaban J connectivity index is 1.91. The molecule has 0 aliphatic rings. The van der Waals surface area contributed by atoms with Gasteiger partial charge in [-0.1, -0.05) is 6.07 Å². The number of rotatable bonds is 5. The molecule has 0 bridgehead atoms. The summed E-state index contributed by atoms with van der Waals surface area (Å²) in [5.74, 6) is 0.932. The molecule has 6 heteroatoms. The first-order chi connectivity index (χ1) is 9.44. The van der Waals surface area contributed by atoms with Crippen molar-refractivity contribution in [1.29, 1.82) is 0 Å². The van der Waals surface area contributed by atoms with Gasteiger partial charge < -0.3 is 14.7 Å². The lowest BCUT2D eigenvalue weighted by atomic mass is 10.1. The van der Waals surface area contributed by atoms with E-state index in [1.165, 1.54) is 6.07 Å². The monoisotopic (exact) mass is 276 g/mol. The van der Waals surface area contributed by atoms with E-state index in [0.717, 1.165) is 13.0 Å². The number of hydrogen-bond donors (Lipinski definition) is 2. The van der Waals surface area contributed by atoms with Crippen molar-refractivity contribution < 1.29 is 4.42 Å². The molecule has 0 saturated heterocycles. The first-order valence-electron chi connectivity index (χ1n) is 6.71. The summed E-state index contributed by atoms with van der Waals surface area (Å²) in [5, 5.41) is 11.3. The van der Waals surface area contributed by atoms with Gasteiger partial charge in [0.15, 0.2) is 0 Å². The zero-order valence-corrected chi connectivity index (χ0v) is 12.1. The van der Waals surface area contributed by atoms with E-state index in [-0.39, 0.29) is 11.1 Å². The highest BCUT2D eigenvalue weighted by Gasteiger charge is 2.10. The molecule has 2 rings (SSSR count). The van der Waals surface area contributed by atoms with Gasteiger partial charge in [0.25, 0.3) is 5.89 Å². The van der Waals surface area contributed by atoms with Gasteiger partial charge in [-0.15, -0.1) is 10.2 Å². The van der Waals surface area contributed by atoms with E-state index in [9.17, 15) is 4.79 Å². The summed E-state index contributed by atoms with van der Waals surface area (Å²) in [5.41, 5.74) is 0.476. The molecule has 2 aromatic rings. The maximum Gasteiger partial charge on any atom is 0.264 e. The third-order valence-electron chi connectivity index (χ3n) is 2.69. The molecule has 108 valence electrons. The summed E-state index contributed by atoms with van der Waals surface area (Å²) in [7, 11) is 0. The molecule has 2 aromatic heterocycles. The maximum atomic E-state index is 11.2. The van der Waals surface area contributed by atoms with E-state index >= 15 is 0 Å². The largest absolute Gasteiger partial charge is 0.419 e. The minimum atomic E-state index is -0.184. The van der Waals surface area contributed by atoms with E-state index in [4.69, 9.17) is 4.42 Å². The normalized spacial score (nSPS) is 11.8. The number of nitrogens with one attached hydrogen (secondary N) is 2. The molecule has 6 nitrogen and oxygen atoms in total. The van der Waals surface area contributed by atoms with E-state index in [1.807, 2.05) is 0 Å². The fourth-order valence-electron chi connectivity index (χ4n) is 1.74. The van der Waals surface area contributed by atoms with Gasteiger partial charge in [-0.2, -0.15) is 0 Å². The third kappa shape index (κ3) is 4.31. The second-order valence-electron chi connectivity index (χ2n) is 5.71. The number of H-pyrrole nitrogens is 1. The Labute approximate surface area is 117 Å². The van der Waals surface area contributed by atoms with Crippen molar-refractivity contribution in [2.45, 2.75) is 39.2 Å². The minimum absolute atomic E-state index is 0.115. The van der Waals surface area contributed by atoms with Gasteiger partial charge in [0.1, 0.15) is 5.69 Å². The first-order valence-corrected chi connectivity index (χ1v) is 6.71. The van der Waals surface area contributed by atoms with Crippen molar-refractivity contribution in [3.05, 3.63) is 34.4 Å². The summed E-state index contributed by atoms with van der Waals surface area (Å²) < 4.78 is 5.54. The van der Waals surface area contributed by atoms with Gasteiger partial charge in [-0.05, 0) is 39.8 Å². The molecule has 2 N–H and O–H groups in total. The Morgan fingerprint density at radius 3 is 2.80 bits per heavy atom. The molecular formula is C14H20N4O2. The van der Waals surface area contributed by atoms with Crippen LogP contribution in [-0.4, -0.2) is 27.3 Å². The van der Waals surface area contributed by atoms with Crippen LogP contribution < -0.4 is 10.9 Å². The Morgan fingerprint density at radius 2 is 2.10 bits per heavy atom. The lowest BCUT2D eigenvalue weighted by molar-refractivity contribution is 0.412. The third-order valence-corrected chi connectivity index (χ3v) is 2.69. The average Bonchev–Trinajstić information content (AvgIpc) is 2.82. The zero-order chi connectivity index (χ0) is 14.6. The molecule has 0 aliphatic carbocycles. The van der Waals surface area contributed by atoms with Crippen molar-refractivity contribution in [2.75, 3.05) is 6.54 Å². The molecule has 0 unspecified atom stereocenters. The fraction of sp³-hybridized carbons (Fsp3) is 0.500. The zero-order valence-electron chi connectivity index (χ0n) is 12.1. The predicted molar refractivity (Wildman–Crippen MR) is 76.4 cm³/mol. The molecule has 0 aliphatic heterocycles. The quantitative estimate of drug-likeness (QED) is 0.813. The van der Waals surface area contributed by atoms with Crippen molar-refractivity contribution in [3.63, 3.8) is 0 Å². The lowest BCUT2D eigenvalue weighted by Gasteiger charge is -2.19. The molecule has 0 fully saturated rings. The Morgan fingerprint density at radius 1 is 1.30 bits per heavy atom. The molecule has 0 aromatic carbocycles. The first kappa shape index (κ1) is 14.5. The van der Waals surface area contributed by atoms with Crippen molar-refractivity contribution in [2.24, 2.45) is 0 Å². The van der Waals surface area contributed by atoms with E-state index < -0.39 is 0 Å². The highest BCUT2D eigenvalue weighted by Crippen LogP contribution is 2.14. The number of aromatic amines is 1. The van der Waals surface area contributed by atoms with Crippen molar-refractivity contribution in [1.82, 2.24) is 20.5 Å². The molecule has 0 radical (unpaired) electrons. The molecule has 0 atom stereocenters. The number of aromatic nitrogens is 3. The van der Waals surface area contributed by atoms with Crippen LogP contribution in [0.3, 0.4) is 0 Å². The molecule has 0 saturated carbocycles. The van der Waals surface area contributed by atoms with Crippen LogP contribution in [-0.2, 0) is 6.42 Å². The number of nitrogens with zero attached hydrogens (tertiary/aromatic N) is 2. The van der Waals surface area contributed by atoms with Gasteiger partial charge in [-0.25, -0.2) is 0 Å². The molecule has 0 amide bonds. The predicted octanol–water partition coefficient (Wildman–Crippen LogP) is 1.75. The summed E-state index contributed by atoms with van der Waals surface area (Å²) in [6, 6.07) is 4.84. The van der Waals surface area contributed by atoms with Crippen LogP contribution in [0.1, 0.15) is 33.1 Å². The highest BCUT2D eigenvalue weighted by molar-refractivity contribution is 5.44. The Kier molecular flexibility index (Phi) is 4.34. The molecule has 2 heterocycles. The fourth-order valence-corrected chi connectivity index (χ4v) is 1.74. The van der Waals surface area contributed by atoms with Gasteiger partial charge >= 0.3 is 0 Å². The van der Waals surface area contributed by atoms with Crippen LogP contribution in [0, 0.1) is 0 Å². The van der Waals surface area contributed by atoms with E-state index in [1.54, 1.807) is 12.1 Å². The molecule has 0 spiro atoms. The summed E-state index contributed by atoms with van der Waals surface area (Å²) >= 11 is 0. The van der Waals surface area contributed by atoms with Crippen LogP contribution in [0.15, 0.2) is 27.4 Å². The number of hydrogen-bond acceptors (Lipinski definition) is 5. The van der Waals surface area contributed by atoms with E-state index in [0.29, 0.717) is 23.9 Å². The summed E-state index contributed by atoms with van der Waals surface area (Å²) in [6.07, 6.45) is 1.64.